The van der Waals surface area contributed by atoms with Crippen molar-refractivity contribution in [1.29, 1.82) is 0 Å². The molecule has 12 heteroatoms. The molecule has 9 nitrogen and oxygen atoms in total. The van der Waals surface area contributed by atoms with Crippen molar-refractivity contribution in [3.05, 3.63) is 47.5 Å². The number of morpholine rings is 1. The van der Waals surface area contributed by atoms with Gasteiger partial charge in [-0.25, -0.2) is 13.2 Å². The summed E-state index contributed by atoms with van der Waals surface area (Å²) in [6, 6.07) is 7.53. The number of hydrogen-bond donors (Lipinski definition) is 0. The number of hydrogen-bond acceptors (Lipinski definition) is 9. The molecule has 3 atom stereocenters. The molecule has 5 heterocycles. The molecule has 0 aliphatic carbocycles. The van der Waals surface area contributed by atoms with Crippen LogP contribution < -0.4 is 19.1 Å². The summed E-state index contributed by atoms with van der Waals surface area (Å²) in [5.41, 5.74) is -0.0826. The summed E-state index contributed by atoms with van der Waals surface area (Å²) in [6.45, 7) is 2.94. The van der Waals surface area contributed by atoms with Crippen molar-refractivity contribution in [3.63, 3.8) is 0 Å². The van der Waals surface area contributed by atoms with Crippen LogP contribution in [0.2, 0.25) is 0 Å². The van der Waals surface area contributed by atoms with Crippen LogP contribution >= 0.6 is 0 Å². The minimum atomic E-state index is -0.925. The maximum absolute atomic E-state index is 17.2. The van der Waals surface area contributed by atoms with Gasteiger partial charge < -0.3 is 28.6 Å². The summed E-state index contributed by atoms with van der Waals surface area (Å²) >= 11 is 0. The Labute approximate surface area is 269 Å². The van der Waals surface area contributed by atoms with Gasteiger partial charge in [0.2, 0.25) is 0 Å². The van der Waals surface area contributed by atoms with Gasteiger partial charge in [0, 0.05) is 37.6 Å². The highest BCUT2D eigenvalue weighted by molar-refractivity contribution is 6.06. The number of methoxy groups -OCH3 is 1. The summed E-state index contributed by atoms with van der Waals surface area (Å²) in [5, 5.41) is 1.29. The Kier molecular flexibility index (Phi) is 7.50. The largest absolute Gasteiger partial charge is 0.490 e. The Hall–Kier alpha value is -4.31. The number of nitrogens with zero attached hydrogens (tertiary/aromatic N) is 4. The van der Waals surface area contributed by atoms with Crippen LogP contribution in [0.5, 0.6) is 17.5 Å². The summed E-state index contributed by atoms with van der Waals surface area (Å²) in [6.07, 6.45) is 7.00. The molecule has 3 aromatic carbocycles. The lowest BCUT2D eigenvalue weighted by atomic mass is 9.92. The molecule has 3 saturated heterocycles. The van der Waals surface area contributed by atoms with Gasteiger partial charge in [-0.2, -0.15) is 9.97 Å². The first-order valence-electron chi connectivity index (χ1n) is 15.8. The first-order chi connectivity index (χ1) is 22.9. The van der Waals surface area contributed by atoms with Gasteiger partial charge in [0.25, 0.3) is 0 Å². The number of anilines is 1. The molecule has 47 heavy (non-hydrogen) atoms. The van der Waals surface area contributed by atoms with E-state index in [-0.39, 0.29) is 48.7 Å². The van der Waals surface area contributed by atoms with Gasteiger partial charge in [-0.3, -0.25) is 4.90 Å². The summed E-state index contributed by atoms with van der Waals surface area (Å²) < 4.78 is 75.9. The highest BCUT2D eigenvalue weighted by atomic mass is 19.1. The molecule has 8 rings (SSSR count). The number of ether oxygens (including phenoxy) is 5. The smallest absolute Gasteiger partial charge is 0.319 e. The molecule has 0 spiro atoms. The maximum Gasteiger partial charge on any atom is 0.319 e. The maximum atomic E-state index is 17.2. The van der Waals surface area contributed by atoms with Gasteiger partial charge in [-0.1, -0.05) is 12.0 Å². The number of rotatable bonds is 7. The van der Waals surface area contributed by atoms with E-state index in [9.17, 15) is 4.39 Å². The second kappa shape index (κ2) is 11.7. The third-order valence-electron chi connectivity index (χ3n) is 9.82. The number of halogens is 3. The van der Waals surface area contributed by atoms with Crippen LogP contribution in [-0.4, -0.2) is 92.6 Å². The van der Waals surface area contributed by atoms with Crippen LogP contribution in [0.3, 0.4) is 0 Å². The van der Waals surface area contributed by atoms with E-state index in [0.29, 0.717) is 71.8 Å². The van der Waals surface area contributed by atoms with E-state index in [1.165, 1.54) is 13.2 Å². The fourth-order valence-electron chi connectivity index (χ4n) is 7.67. The molecule has 244 valence electrons. The van der Waals surface area contributed by atoms with Gasteiger partial charge in [-0.15, -0.1) is 6.42 Å². The summed E-state index contributed by atoms with van der Waals surface area (Å²) in [7, 11) is 1.49. The van der Waals surface area contributed by atoms with Crippen molar-refractivity contribution >= 4 is 27.5 Å². The predicted octanol–water partition coefficient (Wildman–Crippen LogP) is 5.25. The first-order valence-corrected chi connectivity index (χ1v) is 15.8. The fraction of sp³-hybridized carbons (Fsp3) is 0.429. The lowest BCUT2D eigenvalue weighted by molar-refractivity contribution is 0.0512. The predicted molar refractivity (Wildman–Crippen MR) is 169 cm³/mol. The van der Waals surface area contributed by atoms with Crippen LogP contribution in [0.15, 0.2) is 30.3 Å². The van der Waals surface area contributed by atoms with E-state index < -0.39 is 23.3 Å². The molecule has 1 aromatic heterocycles. The lowest BCUT2D eigenvalue weighted by Gasteiger charge is -2.35. The number of alkyl halides is 1. The molecule has 4 aliphatic rings. The van der Waals surface area contributed by atoms with E-state index >= 15 is 8.78 Å². The zero-order valence-electron chi connectivity index (χ0n) is 25.9. The number of terminal acetylenes is 1. The number of aromatic nitrogens is 2. The standard InChI is InChI=1S/C35H33F3N4O5/c1-3-24-27(37)6-5-20-11-23(47-19-43-2)12-25(29(20)24)26-13-28-30-32(31(26)38)39-34(40-33(30)42-9-10-44-16-22(42)17-45-28)46-18-35-7-4-8-41(35)15-21(36)14-35/h1,5-6,11-13,21-22H,4,7-10,14-19H2,2H3/t21-,22+,35+/m1/s1. The SMILES string of the molecule is C#Cc1c(F)ccc2cc(OCOC)cc(-c3cc4c5c(nc(OC[C@@]67CCCN6C[C@H](F)C7)nc5c3F)N3CCOC[C@H]3CO4)c12. The molecule has 0 saturated carbocycles. The van der Waals surface area contributed by atoms with Crippen LogP contribution in [-0.2, 0) is 9.47 Å². The molecule has 4 aliphatic heterocycles. The quantitative estimate of drug-likeness (QED) is 0.198. The van der Waals surface area contributed by atoms with Crippen molar-refractivity contribution < 1.29 is 36.9 Å². The summed E-state index contributed by atoms with van der Waals surface area (Å²) in [5.74, 6) is 2.36. The van der Waals surface area contributed by atoms with Crippen molar-refractivity contribution in [2.45, 2.75) is 37.0 Å². The zero-order valence-corrected chi connectivity index (χ0v) is 25.9. The monoisotopic (exact) mass is 646 g/mol. The van der Waals surface area contributed by atoms with E-state index in [4.69, 9.17) is 35.1 Å². The van der Waals surface area contributed by atoms with Gasteiger partial charge in [0.15, 0.2) is 12.6 Å². The van der Waals surface area contributed by atoms with E-state index in [1.54, 1.807) is 24.3 Å². The molecule has 3 fully saturated rings. The average molecular weight is 647 g/mol. The van der Waals surface area contributed by atoms with Crippen molar-refractivity contribution in [3.8, 4) is 41.0 Å². The zero-order chi connectivity index (χ0) is 32.3. The van der Waals surface area contributed by atoms with E-state index in [0.717, 1.165) is 19.4 Å². The van der Waals surface area contributed by atoms with Gasteiger partial charge >= 0.3 is 6.01 Å². The van der Waals surface area contributed by atoms with Crippen molar-refractivity contribution in [1.82, 2.24) is 14.9 Å². The molecule has 0 radical (unpaired) electrons. The highest BCUT2D eigenvalue weighted by Gasteiger charge is 2.49. The average Bonchev–Trinajstić information content (AvgIpc) is 3.56. The van der Waals surface area contributed by atoms with Gasteiger partial charge in [-0.05, 0) is 54.6 Å². The van der Waals surface area contributed by atoms with Crippen LogP contribution in [0.25, 0.3) is 32.8 Å². The topological polar surface area (TPSA) is 78.4 Å². The van der Waals surface area contributed by atoms with E-state index in [2.05, 4.69) is 15.8 Å². The summed E-state index contributed by atoms with van der Waals surface area (Å²) in [4.78, 5) is 13.6. The second-order valence-corrected chi connectivity index (χ2v) is 12.6. The normalized spacial score (nSPS) is 23.7. The molecular weight excluding hydrogens is 613 g/mol. The highest BCUT2D eigenvalue weighted by Crippen LogP contribution is 2.46. The molecular formula is C35H33F3N4O5. The Balaban J connectivity index is 1.33. The third-order valence-corrected chi connectivity index (χ3v) is 9.82. The minimum Gasteiger partial charge on any atom is -0.490 e. The number of fused-ring (bicyclic) bond motifs is 4. The van der Waals surface area contributed by atoms with Crippen molar-refractivity contribution in [2.75, 3.05) is 64.9 Å². The Morgan fingerprint density at radius 1 is 1.09 bits per heavy atom. The Morgan fingerprint density at radius 3 is 2.83 bits per heavy atom. The second-order valence-electron chi connectivity index (χ2n) is 12.6. The Morgan fingerprint density at radius 2 is 1.98 bits per heavy atom. The van der Waals surface area contributed by atoms with Crippen LogP contribution in [0.4, 0.5) is 19.0 Å². The Bertz CT molecular complexity index is 1940. The molecule has 0 unspecified atom stereocenters. The molecule has 4 aromatic rings. The lowest BCUT2D eigenvalue weighted by Crippen LogP contribution is -2.48. The first kappa shape index (κ1) is 30.1. The molecule has 0 amide bonds. The van der Waals surface area contributed by atoms with Crippen LogP contribution in [0, 0.1) is 24.0 Å². The fourth-order valence-corrected chi connectivity index (χ4v) is 7.67. The molecule has 0 N–H and O–H groups in total. The van der Waals surface area contributed by atoms with E-state index in [1.807, 2.05) is 4.90 Å². The number of benzene rings is 3. The molecule has 0 bridgehead atoms. The van der Waals surface area contributed by atoms with Gasteiger partial charge in [0.05, 0.1) is 35.7 Å². The van der Waals surface area contributed by atoms with Crippen LogP contribution in [0.1, 0.15) is 24.8 Å². The van der Waals surface area contributed by atoms with Crippen molar-refractivity contribution in [2.24, 2.45) is 0 Å². The van der Waals surface area contributed by atoms with Gasteiger partial charge in [0.1, 0.15) is 48.0 Å². The third kappa shape index (κ3) is 4.99. The minimum absolute atomic E-state index is 0.00754.